The summed E-state index contributed by atoms with van der Waals surface area (Å²) >= 11 is 0. The van der Waals surface area contributed by atoms with Crippen molar-refractivity contribution in [1.29, 1.82) is 0 Å². The van der Waals surface area contributed by atoms with Crippen LogP contribution >= 0.6 is 0 Å². The molecule has 3 rings (SSSR count). The summed E-state index contributed by atoms with van der Waals surface area (Å²) < 4.78 is 0. The molecule has 0 aromatic heterocycles. The highest BCUT2D eigenvalue weighted by molar-refractivity contribution is 5.77. The zero-order chi connectivity index (χ0) is 16.8. The van der Waals surface area contributed by atoms with Gasteiger partial charge in [-0.3, -0.25) is 4.79 Å². The van der Waals surface area contributed by atoms with Gasteiger partial charge in [-0.25, -0.2) is 0 Å². The number of nitrogens with two attached hydrogens (primary N) is 1. The highest BCUT2D eigenvalue weighted by atomic mass is 16.2. The Hall–Kier alpha value is -2.33. The minimum Gasteiger partial charge on any atom is -0.370 e. The van der Waals surface area contributed by atoms with Crippen molar-refractivity contribution >= 4 is 11.6 Å². The van der Waals surface area contributed by atoms with Gasteiger partial charge in [-0.15, -0.1) is 0 Å². The molecular weight excluding hydrogens is 298 g/mol. The first-order valence-electron chi connectivity index (χ1n) is 8.62. The first-order valence-corrected chi connectivity index (χ1v) is 8.62. The van der Waals surface area contributed by atoms with Gasteiger partial charge in [-0.2, -0.15) is 0 Å². The second-order valence-corrected chi connectivity index (χ2v) is 6.28. The van der Waals surface area contributed by atoms with E-state index < -0.39 is 0 Å². The van der Waals surface area contributed by atoms with E-state index in [0.717, 1.165) is 38.2 Å². The van der Waals surface area contributed by atoms with Crippen LogP contribution in [0.15, 0.2) is 60.7 Å². The van der Waals surface area contributed by atoms with E-state index in [4.69, 9.17) is 5.73 Å². The summed E-state index contributed by atoms with van der Waals surface area (Å²) in [4.78, 5) is 16.9. The summed E-state index contributed by atoms with van der Waals surface area (Å²) in [7, 11) is 0. The first-order chi connectivity index (χ1) is 11.7. The number of hydrogen-bond donors (Lipinski definition) is 1. The zero-order valence-corrected chi connectivity index (χ0v) is 14.0. The third-order valence-corrected chi connectivity index (χ3v) is 4.59. The monoisotopic (exact) mass is 323 g/mol. The number of hydrogen-bond acceptors (Lipinski definition) is 3. The minimum absolute atomic E-state index is 0.154. The van der Waals surface area contributed by atoms with Gasteiger partial charge in [0.15, 0.2) is 0 Å². The lowest BCUT2D eigenvalue weighted by molar-refractivity contribution is -0.131. The van der Waals surface area contributed by atoms with Gasteiger partial charge >= 0.3 is 0 Å². The Morgan fingerprint density at radius 2 is 1.58 bits per heavy atom. The molecule has 0 bridgehead atoms. The SMILES string of the molecule is NC(CC(=O)N1CCCN(c2ccccc2)CC1)c1ccccc1. The van der Waals surface area contributed by atoms with Gasteiger partial charge in [-0.05, 0) is 24.1 Å². The number of anilines is 1. The molecule has 2 N–H and O–H groups in total. The van der Waals surface area contributed by atoms with Crippen LogP contribution in [0.4, 0.5) is 5.69 Å². The van der Waals surface area contributed by atoms with Gasteiger partial charge < -0.3 is 15.5 Å². The molecule has 1 aliphatic rings. The molecule has 24 heavy (non-hydrogen) atoms. The molecule has 126 valence electrons. The zero-order valence-electron chi connectivity index (χ0n) is 14.0. The van der Waals surface area contributed by atoms with Crippen LogP contribution in [-0.2, 0) is 4.79 Å². The van der Waals surface area contributed by atoms with Gasteiger partial charge in [0.05, 0.1) is 0 Å². The Bertz CT molecular complexity index is 644. The molecule has 1 atom stereocenters. The van der Waals surface area contributed by atoms with Crippen LogP contribution < -0.4 is 10.6 Å². The number of para-hydroxylation sites is 1. The Balaban J connectivity index is 1.56. The maximum atomic E-state index is 12.6. The maximum Gasteiger partial charge on any atom is 0.224 e. The summed E-state index contributed by atoms with van der Waals surface area (Å²) in [6.07, 6.45) is 1.36. The second kappa shape index (κ2) is 7.97. The lowest BCUT2D eigenvalue weighted by Gasteiger charge is -2.24. The Kier molecular flexibility index (Phi) is 5.49. The van der Waals surface area contributed by atoms with Crippen LogP contribution in [0.3, 0.4) is 0 Å². The minimum atomic E-state index is -0.229. The summed E-state index contributed by atoms with van der Waals surface area (Å²) in [5.74, 6) is 0.154. The predicted molar refractivity (Wildman–Crippen MR) is 97.8 cm³/mol. The first kappa shape index (κ1) is 16.5. The highest BCUT2D eigenvalue weighted by Gasteiger charge is 2.21. The molecule has 2 aromatic rings. The van der Waals surface area contributed by atoms with Crippen molar-refractivity contribution in [3.8, 4) is 0 Å². The summed E-state index contributed by atoms with van der Waals surface area (Å²) in [5, 5.41) is 0. The number of benzene rings is 2. The summed E-state index contributed by atoms with van der Waals surface area (Å²) in [6.45, 7) is 3.42. The van der Waals surface area contributed by atoms with E-state index >= 15 is 0 Å². The molecule has 1 heterocycles. The largest absolute Gasteiger partial charge is 0.370 e. The number of carbonyl (C=O) groups is 1. The third kappa shape index (κ3) is 4.15. The Labute approximate surface area is 143 Å². The maximum absolute atomic E-state index is 12.6. The van der Waals surface area contributed by atoms with Gasteiger partial charge in [0, 0.05) is 44.3 Å². The fraction of sp³-hybridized carbons (Fsp3) is 0.350. The van der Waals surface area contributed by atoms with Crippen LogP contribution in [0.1, 0.15) is 24.4 Å². The molecule has 1 amide bonds. The fourth-order valence-corrected chi connectivity index (χ4v) is 3.20. The van der Waals surface area contributed by atoms with Gasteiger partial charge in [0.25, 0.3) is 0 Å². The van der Waals surface area contributed by atoms with Crippen LogP contribution in [0, 0.1) is 0 Å². The van der Waals surface area contributed by atoms with Gasteiger partial charge in [0.1, 0.15) is 0 Å². The standard InChI is InChI=1S/C20H25N3O/c21-19(17-8-3-1-4-9-17)16-20(24)23-13-7-12-22(14-15-23)18-10-5-2-6-11-18/h1-6,8-11,19H,7,12-16,21H2. The van der Waals surface area contributed by atoms with E-state index in [1.807, 2.05) is 41.3 Å². The van der Waals surface area contributed by atoms with Crippen molar-refractivity contribution in [2.45, 2.75) is 18.9 Å². The van der Waals surface area contributed by atoms with Crippen LogP contribution in [-0.4, -0.2) is 37.0 Å². The van der Waals surface area contributed by atoms with E-state index in [2.05, 4.69) is 29.2 Å². The number of amides is 1. The molecule has 1 unspecified atom stereocenters. The molecule has 1 fully saturated rings. The Morgan fingerprint density at radius 1 is 0.917 bits per heavy atom. The number of rotatable bonds is 4. The fourth-order valence-electron chi connectivity index (χ4n) is 3.20. The molecular formula is C20H25N3O. The predicted octanol–water partition coefficient (Wildman–Crippen LogP) is 2.82. The van der Waals surface area contributed by atoms with E-state index in [1.165, 1.54) is 5.69 Å². The molecule has 1 saturated heterocycles. The lowest BCUT2D eigenvalue weighted by atomic mass is 10.0. The average Bonchev–Trinajstić information content (AvgIpc) is 2.89. The molecule has 0 saturated carbocycles. The summed E-state index contributed by atoms with van der Waals surface area (Å²) in [5.41, 5.74) is 8.45. The quantitative estimate of drug-likeness (QED) is 0.941. The smallest absolute Gasteiger partial charge is 0.224 e. The molecule has 0 radical (unpaired) electrons. The van der Waals surface area contributed by atoms with Gasteiger partial charge in [-0.1, -0.05) is 48.5 Å². The average molecular weight is 323 g/mol. The van der Waals surface area contributed by atoms with Gasteiger partial charge in [0.2, 0.25) is 5.91 Å². The topological polar surface area (TPSA) is 49.6 Å². The molecule has 0 aliphatic carbocycles. The van der Waals surface area contributed by atoms with E-state index in [-0.39, 0.29) is 11.9 Å². The van der Waals surface area contributed by atoms with Crippen molar-refractivity contribution in [2.24, 2.45) is 5.73 Å². The summed E-state index contributed by atoms with van der Waals surface area (Å²) in [6, 6.07) is 20.0. The second-order valence-electron chi connectivity index (χ2n) is 6.28. The molecule has 0 spiro atoms. The number of nitrogens with zero attached hydrogens (tertiary/aromatic N) is 2. The highest BCUT2D eigenvalue weighted by Crippen LogP contribution is 2.18. The van der Waals surface area contributed by atoms with Crippen LogP contribution in [0.2, 0.25) is 0 Å². The number of carbonyl (C=O) groups excluding carboxylic acids is 1. The van der Waals surface area contributed by atoms with E-state index in [1.54, 1.807) is 0 Å². The van der Waals surface area contributed by atoms with E-state index in [0.29, 0.717) is 6.42 Å². The third-order valence-electron chi connectivity index (χ3n) is 4.59. The van der Waals surface area contributed by atoms with Crippen molar-refractivity contribution in [3.63, 3.8) is 0 Å². The van der Waals surface area contributed by atoms with E-state index in [9.17, 15) is 4.79 Å². The Morgan fingerprint density at radius 3 is 2.29 bits per heavy atom. The molecule has 2 aromatic carbocycles. The molecule has 4 nitrogen and oxygen atoms in total. The lowest BCUT2D eigenvalue weighted by Crippen LogP contribution is -2.36. The van der Waals surface area contributed by atoms with Crippen LogP contribution in [0.25, 0.3) is 0 Å². The normalized spacial score (nSPS) is 16.5. The van der Waals surface area contributed by atoms with Crippen molar-refractivity contribution in [2.75, 3.05) is 31.1 Å². The van der Waals surface area contributed by atoms with Crippen molar-refractivity contribution in [1.82, 2.24) is 4.90 Å². The molecule has 4 heteroatoms. The van der Waals surface area contributed by atoms with Crippen molar-refractivity contribution < 1.29 is 4.79 Å². The molecule has 1 aliphatic heterocycles. The van der Waals surface area contributed by atoms with Crippen LogP contribution in [0.5, 0.6) is 0 Å². The van der Waals surface area contributed by atoms with Crippen molar-refractivity contribution in [3.05, 3.63) is 66.2 Å².